The molecule has 2 aromatic carbocycles. The van der Waals surface area contributed by atoms with Crippen LogP contribution in [0.25, 0.3) is 5.65 Å². The zero-order chi connectivity index (χ0) is 23.4. The van der Waals surface area contributed by atoms with Crippen LogP contribution in [0.1, 0.15) is 21.5 Å². The summed E-state index contributed by atoms with van der Waals surface area (Å²) in [4.78, 5) is 24.8. The number of amides is 2. The van der Waals surface area contributed by atoms with E-state index in [1.54, 1.807) is 22.7 Å². The van der Waals surface area contributed by atoms with Gasteiger partial charge in [0.1, 0.15) is 11.6 Å². The monoisotopic (exact) mass is 467 g/mol. The minimum absolute atomic E-state index is 0.111. The maximum atomic E-state index is 13.7. The number of benzene rings is 2. The summed E-state index contributed by atoms with van der Waals surface area (Å²) in [6, 6.07) is 14.0. The normalized spacial score (nSPS) is 10.9. The molecular formula is C23H19F2N5O2S. The third-order valence-electron chi connectivity index (χ3n) is 4.74. The number of aromatic nitrogens is 3. The first kappa shape index (κ1) is 22.4. The molecule has 0 unspecified atom stereocenters. The summed E-state index contributed by atoms with van der Waals surface area (Å²) in [5.41, 5.74) is 2.80. The molecule has 168 valence electrons. The summed E-state index contributed by atoms with van der Waals surface area (Å²) >= 11 is 1.06. The molecule has 0 aliphatic carbocycles. The Morgan fingerprint density at radius 2 is 1.82 bits per heavy atom. The minimum atomic E-state index is -0.732. The molecule has 4 rings (SSSR count). The second-order valence-electron chi connectivity index (χ2n) is 7.26. The highest BCUT2D eigenvalue weighted by Crippen LogP contribution is 2.20. The van der Waals surface area contributed by atoms with Crippen molar-refractivity contribution in [1.29, 1.82) is 0 Å². The lowest BCUT2D eigenvalue weighted by Crippen LogP contribution is -2.23. The number of hydrogen-bond donors (Lipinski definition) is 2. The molecule has 0 radical (unpaired) electrons. The van der Waals surface area contributed by atoms with E-state index < -0.39 is 17.5 Å². The quantitative estimate of drug-likeness (QED) is 0.402. The van der Waals surface area contributed by atoms with Gasteiger partial charge in [-0.2, -0.15) is 0 Å². The fourth-order valence-corrected chi connectivity index (χ4v) is 3.72. The van der Waals surface area contributed by atoms with Crippen LogP contribution in [0, 0.1) is 18.6 Å². The van der Waals surface area contributed by atoms with E-state index in [2.05, 4.69) is 20.8 Å². The van der Waals surface area contributed by atoms with Crippen molar-refractivity contribution in [2.75, 3.05) is 11.1 Å². The Kier molecular flexibility index (Phi) is 6.64. The molecule has 0 bridgehead atoms. The molecule has 2 heterocycles. The fourth-order valence-electron chi connectivity index (χ4n) is 3.00. The zero-order valence-corrected chi connectivity index (χ0v) is 18.3. The van der Waals surface area contributed by atoms with Gasteiger partial charge in [0, 0.05) is 18.8 Å². The van der Waals surface area contributed by atoms with Crippen LogP contribution >= 0.6 is 11.8 Å². The Labute approximate surface area is 192 Å². The van der Waals surface area contributed by atoms with E-state index in [-0.39, 0.29) is 17.3 Å². The first-order valence-corrected chi connectivity index (χ1v) is 10.9. The highest BCUT2D eigenvalue weighted by Gasteiger charge is 2.14. The lowest BCUT2D eigenvalue weighted by Gasteiger charge is -2.07. The van der Waals surface area contributed by atoms with Crippen molar-refractivity contribution in [3.05, 3.63) is 89.1 Å². The minimum Gasteiger partial charge on any atom is -0.348 e. The van der Waals surface area contributed by atoms with Crippen molar-refractivity contribution in [2.24, 2.45) is 0 Å². The van der Waals surface area contributed by atoms with Gasteiger partial charge in [0.05, 0.1) is 17.0 Å². The second kappa shape index (κ2) is 9.78. The van der Waals surface area contributed by atoms with Crippen molar-refractivity contribution >= 4 is 34.9 Å². The van der Waals surface area contributed by atoms with E-state index in [4.69, 9.17) is 0 Å². The first-order chi connectivity index (χ1) is 15.9. The molecule has 0 aliphatic heterocycles. The predicted octanol–water partition coefficient (Wildman–Crippen LogP) is 3.98. The number of nitrogens with zero attached hydrogens (tertiary/aromatic N) is 3. The summed E-state index contributed by atoms with van der Waals surface area (Å²) < 4.78 is 28.6. The molecule has 0 spiro atoms. The van der Waals surface area contributed by atoms with Crippen molar-refractivity contribution in [3.8, 4) is 0 Å². The SMILES string of the molecule is Cc1ccc(CNC(=O)c2ccc3nnc(SCC(=O)Nc4cc(F)ccc4F)n3c2)cc1. The summed E-state index contributed by atoms with van der Waals surface area (Å²) in [5.74, 6) is -2.30. The number of anilines is 1. The molecule has 10 heteroatoms. The van der Waals surface area contributed by atoms with Crippen LogP contribution < -0.4 is 10.6 Å². The zero-order valence-electron chi connectivity index (χ0n) is 17.5. The third-order valence-corrected chi connectivity index (χ3v) is 5.68. The van der Waals surface area contributed by atoms with E-state index in [9.17, 15) is 18.4 Å². The summed E-state index contributed by atoms with van der Waals surface area (Å²) in [6.07, 6.45) is 1.59. The topological polar surface area (TPSA) is 88.4 Å². The average molecular weight is 468 g/mol. The van der Waals surface area contributed by atoms with Gasteiger partial charge in [-0.05, 0) is 36.8 Å². The maximum Gasteiger partial charge on any atom is 0.253 e. The largest absolute Gasteiger partial charge is 0.348 e. The Bertz CT molecular complexity index is 1320. The maximum absolute atomic E-state index is 13.7. The van der Waals surface area contributed by atoms with Gasteiger partial charge in [0.25, 0.3) is 5.91 Å². The van der Waals surface area contributed by atoms with Gasteiger partial charge >= 0.3 is 0 Å². The van der Waals surface area contributed by atoms with Gasteiger partial charge in [-0.25, -0.2) is 8.78 Å². The van der Waals surface area contributed by atoms with Crippen molar-refractivity contribution < 1.29 is 18.4 Å². The van der Waals surface area contributed by atoms with E-state index in [0.29, 0.717) is 22.9 Å². The molecule has 0 fully saturated rings. The van der Waals surface area contributed by atoms with Crippen LogP contribution in [0.4, 0.5) is 14.5 Å². The molecule has 0 saturated heterocycles. The van der Waals surface area contributed by atoms with Gasteiger partial charge in [-0.1, -0.05) is 41.6 Å². The number of carbonyl (C=O) groups excluding carboxylic acids is 2. The number of hydrogen-bond acceptors (Lipinski definition) is 5. The van der Waals surface area contributed by atoms with E-state index >= 15 is 0 Å². The molecule has 7 nitrogen and oxygen atoms in total. The smallest absolute Gasteiger partial charge is 0.253 e. The number of thioether (sulfide) groups is 1. The van der Waals surface area contributed by atoms with Crippen LogP contribution in [0.5, 0.6) is 0 Å². The molecule has 2 aromatic heterocycles. The highest BCUT2D eigenvalue weighted by molar-refractivity contribution is 7.99. The summed E-state index contributed by atoms with van der Waals surface area (Å²) in [7, 11) is 0. The number of nitrogens with one attached hydrogen (secondary N) is 2. The van der Waals surface area contributed by atoms with Gasteiger partial charge in [-0.15, -0.1) is 10.2 Å². The van der Waals surface area contributed by atoms with Crippen LogP contribution in [-0.2, 0) is 11.3 Å². The van der Waals surface area contributed by atoms with E-state index in [0.717, 1.165) is 41.1 Å². The molecule has 0 aliphatic rings. The van der Waals surface area contributed by atoms with Gasteiger partial charge in [0.2, 0.25) is 5.91 Å². The van der Waals surface area contributed by atoms with Crippen LogP contribution in [-0.4, -0.2) is 32.2 Å². The number of pyridine rings is 1. The van der Waals surface area contributed by atoms with Crippen molar-refractivity contribution in [1.82, 2.24) is 19.9 Å². The van der Waals surface area contributed by atoms with Crippen LogP contribution in [0.2, 0.25) is 0 Å². The van der Waals surface area contributed by atoms with Crippen molar-refractivity contribution in [3.63, 3.8) is 0 Å². The molecule has 4 aromatic rings. The van der Waals surface area contributed by atoms with E-state index in [1.165, 1.54) is 0 Å². The number of aryl methyl sites for hydroxylation is 1. The molecule has 2 N–H and O–H groups in total. The van der Waals surface area contributed by atoms with Crippen LogP contribution in [0.3, 0.4) is 0 Å². The predicted molar refractivity (Wildman–Crippen MR) is 121 cm³/mol. The Morgan fingerprint density at radius 3 is 2.61 bits per heavy atom. The Balaban J connectivity index is 1.40. The number of fused-ring (bicyclic) bond motifs is 1. The molecule has 33 heavy (non-hydrogen) atoms. The van der Waals surface area contributed by atoms with Gasteiger partial charge in [-0.3, -0.25) is 14.0 Å². The number of rotatable bonds is 7. The lowest BCUT2D eigenvalue weighted by molar-refractivity contribution is -0.113. The van der Waals surface area contributed by atoms with Crippen molar-refractivity contribution in [2.45, 2.75) is 18.6 Å². The highest BCUT2D eigenvalue weighted by atomic mass is 32.2. The standard InChI is InChI=1S/C23H19F2N5O2S/c1-14-2-4-15(5-3-14)11-26-22(32)16-6-9-20-28-29-23(30(20)12-16)33-13-21(31)27-19-10-17(24)7-8-18(19)25/h2-10,12H,11,13H2,1H3,(H,26,32)(H,27,31). The van der Waals surface area contributed by atoms with E-state index in [1.807, 2.05) is 31.2 Å². The molecule has 0 saturated carbocycles. The molecule has 2 amide bonds. The van der Waals surface area contributed by atoms with Gasteiger partial charge < -0.3 is 10.6 Å². The average Bonchev–Trinajstić information content (AvgIpc) is 3.22. The second-order valence-corrected chi connectivity index (χ2v) is 8.20. The Hall–Kier alpha value is -3.79. The molecular weight excluding hydrogens is 448 g/mol. The number of halogens is 2. The third kappa shape index (κ3) is 5.53. The Morgan fingerprint density at radius 1 is 1.03 bits per heavy atom. The van der Waals surface area contributed by atoms with Gasteiger partial charge in [0.15, 0.2) is 10.8 Å². The summed E-state index contributed by atoms with van der Waals surface area (Å²) in [5, 5.41) is 13.6. The fraction of sp³-hybridized carbons (Fsp3) is 0.130. The first-order valence-electron chi connectivity index (χ1n) is 9.95. The molecule has 0 atom stereocenters. The van der Waals surface area contributed by atoms with Crippen LogP contribution in [0.15, 0.2) is 66.0 Å². The lowest BCUT2D eigenvalue weighted by atomic mass is 10.1. The number of carbonyl (C=O) groups is 2. The summed E-state index contributed by atoms with van der Waals surface area (Å²) in [6.45, 7) is 2.38.